The monoisotopic (exact) mass is 416 g/mol. The third kappa shape index (κ3) is 3.69. The summed E-state index contributed by atoms with van der Waals surface area (Å²) in [6, 6.07) is 4.00. The Bertz CT molecular complexity index is 514. The maximum absolute atomic E-state index is 12.8. The van der Waals surface area contributed by atoms with Crippen LogP contribution >= 0.6 is 31.9 Å². The number of hydrogen-bond donors (Lipinski definition) is 2. The lowest BCUT2D eigenvalue weighted by atomic mass is 9.70. The van der Waals surface area contributed by atoms with E-state index in [4.69, 9.17) is 5.73 Å². The number of nitrogens with two attached hydrogens (primary N) is 1. The Morgan fingerprint density at radius 2 is 1.86 bits per heavy atom. The van der Waals surface area contributed by atoms with E-state index in [1.165, 1.54) is 0 Å². The average Bonchev–Trinajstić information content (AvgIpc) is 2.43. The van der Waals surface area contributed by atoms with Gasteiger partial charge in [-0.05, 0) is 88.1 Å². The molecule has 1 amide bonds. The molecule has 1 aromatic carbocycles. The highest BCUT2D eigenvalue weighted by Crippen LogP contribution is 2.40. The molecule has 1 saturated carbocycles. The van der Waals surface area contributed by atoms with Gasteiger partial charge in [-0.15, -0.1) is 0 Å². The van der Waals surface area contributed by atoms with Gasteiger partial charge in [0.1, 0.15) is 0 Å². The van der Waals surface area contributed by atoms with Crippen LogP contribution in [0.15, 0.2) is 21.1 Å². The summed E-state index contributed by atoms with van der Waals surface area (Å²) in [5, 5.41) is 3.07. The second kappa shape index (κ2) is 6.80. The van der Waals surface area contributed by atoms with Crippen molar-refractivity contribution in [1.29, 1.82) is 0 Å². The minimum absolute atomic E-state index is 0.0437. The molecule has 0 atom stereocenters. The van der Waals surface area contributed by atoms with Crippen LogP contribution in [0.5, 0.6) is 0 Å². The van der Waals surface area contributed by atoms with E-state index in [0.29, 0.717) is 12.5 Å². The Hall–Kier alpha value is -0.390. The zero-order valence-corrected chi connectivity index (χ0v) is 15.7. The van der Waals surface area contributed by atoms with Gasteiger partial charge in [0.25, 0.3) is 0 Å². The molecular weight excluding hydrogens is 396 g/mol. The first-order valence-corrected chi connectivity index (χ1v) is 8.94. The molecule has 2 rings (SSSR count). The predicted molar refractivity (Wildman–Crippen MR) is 94.3 cm³/mol. The number of anilines is 1. The van der Waals surface area contributed by atoms with E-state index in [-0.39, 0.29) is 5.91 Å². The first-order valence-electron chi connectivity index (χ1n) is 7.35. The Kier molecular flexibility index (Phi) is 5.49. The molecule has 3 N–H and O–H groups in total. The summed E-state index contributed by atoms with van der Waals surface area (Å²) >= 11 is 7.05. The van der Waals surface area contributed by atoms with Crippen LogP contribution in [-0.4, -0.2) is 12.5 Å². The summed E-state index contributed by atoms with van der Waals surface area (Å²) in [6.45, 7) is 4.67. The van der Waals surface area contributed by atoms with E-state index >= 15 is 0 Å². The Labute approximate surface area is 143 Å². The fourth-order valence-electron chi connectivity index (χ4n) is 2.90. The van der Waals surface area contributed by atoms with Gasteiger partial charge in [0.15, 0.2) is 0 Å². The van der Waals surface area contributed by atoms with Crippen molar-refractivity contribution in [3.8, 4) is 0 Å². The standard InChI is InChI=1S/C16H22Br2N2O/c1-10-3-5-16(9-19,6-4-10)15(21)20-14-12(17)7-11(2)8-13(14)18/h7-8,10H,3-6,9,19H2,1-2H3,(H,20,21). The molecule has 1 fully saturated rings. The molecule has 0 heterocycles. The number of halogens is 2. The van der Waals surface area contributed by atoms with Crippen molar-refractivity contribution in [2.24, 2.45) is 17.1 Å². The van der Waals surface area contributed by atoms with E-state index < -0.39 is 5.41 Å². The van der Waals surface area contributed by atoms with Crippen molar-refractivity contribution in [2.45, 2.75) is 39.5 Å². The Morgan fingerprint density at radius 3 is 2.33 bits per heavy atom. The predicted octanol–water partition coefficient (Wildman–Crippen LogP) is 4.61. The average molecular weight is 418 g/mol. The zero-order valence-electron chi connectivity index (χ0n) is 12.5. The topological polar surface area (TPSA) is 55.1 Å². The van der Waals surface area contributed by atoms with Crippen LogP contribution in [0.3, 0.4) is 0 Å². The van der Waals surface area contributed by atoms with Crippen molar-refractivity contribution in [3.05, 3.63) is 26.6 Å². The van der Waals surface area contributed by atoms with E-state index in [9.17, 15) is 4.79 Å². The van der Waals surface area contributed by atoms with Crippen LogP contribution in [0.1, 0.15) is 38.2 Å². The van der Waals surface area contributed by atoms with Crippen LogP contribution in [0.4, 0.5) is 5.69 Å². The molecule has 1 aliphatic carbocycles. The molecule has 3 nitrogen and oxygen atoms in total. The van der Waals surface area contributed by atoms with Gasteiger partial charge in [0.05, 0.1) is 11.1 Å². The maximum atomic E-state index is 12.8. The third-order valence-corrected chi connectivity index (χ3v) is 5.78. The van der Waals surface area contributed by atoms with Crippen LogP contribution in [-0.2, 0) is 4.79 Å². The van der Waals surface area contributed by atoms with Gasteiger partial charge in [0.2, 0.25) is 5.91 Å². The molecule has 21 heavy (non-hydrogen) atoms. The molecule has 0 saturated heterocycles. The van der Waals surface area contributed by atoms with Crippen LogP contribution in [0, 0.1) is 18.3 Å². The summed E-state index contributed by atoms with van der Waals surface area (Å²) in [6.07, 6.45) is 3.89. The molecule has 0 spiro atoms. The fourth-order valence-corrected chi connectivity index (χ4v) is 4.52. The lowest BCUT2D eigenvalue weighted by Gasteiger charge is -2.37. The molecular formula is C16H22Br2N2O. The van der Waals surface area contributed by atoms with Gasteiger partial charge in [-0.1, -0.05) is 6.92 Å². The number of aryl methyl sites for hydroxylation is 1. The van der Waals surface area contributed by atoms with Crippen molar-refractivity contribution < 1.29 is 4.79 Å². The molecule has 116 valence electrons. The maximum Gasteiger partial charge on any atom is 0.231 e. The first-order chi connectivity index (χ1) is 9.88. The van der Waals surface area contributed by atoms with Gasteiger partial charge in [-0.3, -0.25) is 4.79 Å². The summed E-state index contributed by atoms with van der Waals surface area (Å²) in [7, 11) is 0. The second-order valence-electron chi connectivity index (χ2n) is 6.22. The minimum atomic E-state index is -0.420. The second-order valence-corrected chi connectivity index (χ2v) is 7.93. The molecule has 0 unspecified atom stereocenters. The van der Waals surface area contributed by atoms with Crippen molar-refractivity contribution in [1.82, 2.24) is 0 Å². The molecule has 1 aliphatic rings. The lowest BCUT2D eigenvalue weighted by molar-refractivity contribution is -0.127. The van der Waals surface area contributed by atoms with Gasteiger partial charge >= 0.3 is 0 Å². The molecule has 1 aromatic rings. The smallest absolute Gasteiger partial charge is 0.231 e. The Balaban J connectivity index is 2.21. The van der Waals surface area contributed by atoms with Crippen molar-refractivity contribution in [3.63, 3.8) is 0 Å². The third-order valence-electron chi connectivity index (χ3n) is 4.53. The van der Waals surface area contributed by atoms with Gasteiger partial charge in [-0.2, -0.15) is 0 Å². The van der Waals surface area contributed by atoms with Crippen LogP contribution in [0.2, 0.25) is 0 Å². The van der Waals surface area contributed by atoms with Gasteiger partial charge in [0, 0.05) is 15.5 Å². The molecule has 5 heteroatoms. The normalized spacial score (nSPS) is 25.7. The highest BCUT2D eigenvalue weighted by molar-refractivity contribution is 9.11. The van der Waals surface area contributed by atoms with Crippen molar-refractivity contribution in [2.75, 3.05) is 11.9 Å². The molecule has 0 aliphatic heterocycles. The number of rotatable bonds is 3. The van der Waals surface area contributed by atoms with E-state index in [0.717, 1.165) is 45.9 Å². The summed E-state index contributed by atoms with van der Waals surface area (Å²) in [5.74, 6) is 0.734. The van der Waals surface area contributed by atoms with Crippen LogP contribution in [0.25, 0.3) is 0 Å². The van der Waals surface area contributed by atoms with Gasteiger partial charge < -0.3 is 11.1 Å². The lowest BCUT2D eigenvalue weighted by Crippen LogP contribution is -2.44. The summed E-state index contributed by atoms with van der Waals surface area (Å²) in [4.78, 5) is 12.8. The van der Waals surface area contributed by atoms with E-state index in [1.807, 2.05) is 19.1 Å². The number of amides is 1. The summed E-state index contributed by atoms with van der Waals surface area (Å²) in [5.41, 5.74) is 7.45. The number of carbonyl (C=O) groups is 1. The van der Waals surface area contributed by atoms with Gasteiger partial charge in [-0.25, -0.2) is 0 Å². The summed E-state index contributed by atoms with van der Waals surface area (Å²) < 4.78 is 1.78. The quantitative estimate of drug-likeness (QED) is 0.754. The number of hydrogen-bond acceptors (Lipinski definition) is 2. The zero-order chi connectivity index (χ0) is 15.6. The number of benzene rings is 1. The Morgan fingerprint density at radius 1 is 1.33 bits per heavy atom. The number of nitrogens with one attached hydrogen (secondary N) is 1. The highest BCUT2D eigenvalue weighted by Gasteiger charge is 2.40. The highest BCUT2D eigenvalue weighted by atomic mass is 79.9. The minimum Gasteiger partial charge on any atom is -0.329 e. The molecule has 0 bridgehead atoms. The van der Waals surface area contributed by atoms with Crippen LogP contribution < -0.4 is 11.1 Å². The molecule has 0 aromatic heterocycles. The first kappa shape index (κ1) is 17.0. The SMILES string of the molecule is Cc1cc(Br)c(NC(=O)C2(CN)CCC(C)CC2)c(Br)c1. The number of carbonyl (C=O) groups excluding carboxylic acids is 1. The van der Waals surface area contributed by atoms with E-state index in [1.54, 1.807) is 0 Å². The fraction of sp³-hybridized carbons (Fsp3) is 0.562. The largest absolute Gasteiger partial charge is 0.329 e. The van der Waals surface area contributed by atoms with Crippen molar-refractivity contribution >= 4 is 43.5 Å². The molecule has 0 radical (unpaired) electrons. The van der Waals surface area contributed by atoms with E-state index in [2.05, 4.69) is 44.1 Å².